The molecule has 0 saturated carbocycles. The molecule has 0 unspecified atom stereocenters. The lowest BCUT2D eigenvalue weighted by Crippen LogP contribution is -2.18. The molecule has 0 spiro atoms. The number of methoxy groups -OCH3 is 1. The maximum atomic E-state index is 4.97. The second kappa shape index (κ2) is 6.71. The van der Waals surface area contributed by atoms with E-state index in [-0.39, 0.29) is 5.41 Å². The Bertz CT molecular complexity index is 388. The molecule has 0 aliphatic carbocycles. The summed E-state index contributed by atoms with van der Waals surface area (Å²) in [5.74, 6) is 0. The summed E-state index contributed by atoms with van der Waals surface area (Å²) in [6, 6.07) is 0. The minimum Gasteiger partial charge on any atom is -0.383 e. The Balaban J connectivity index is 2.59. The smallest absolute Gasteiger partial charge is 0.0750 e. The van der Waals surface area contributed by atoms with Crippen LogP contribution in [-0.2, 0) is 17.2 Å². The van der Waals surface area contributed by atoms with Crippen molar-refractivity contribution in [1.29, 1.82) is 0 Å². The minimum absolute atomic E-state index is 0.0738. The highest BCUT2D eigenvalue weighted by Crippen LogP contribution is 2.24. The van der Waals surface area contributed by atoms with Gasteiger partial charge in [0.25, 0.3) is 0 Å². The number of rotatable bonds is 6. The van der Waals surface area contributed by atoms with E-state index in [1.165, 1.54) is 5.56 Å². The van der Waals surface area contributed by atoms with Crippen LogP contribution in [0.3, 0.4) is 0 Å². The van der Waals surface area contributed by atoms with E-state index in [1.807, 2.05) is 11.7 Å². The number of nitrogens with zero attached hydrogens (tertiary/aromatic N) is 2. The first kappa shape index (κ1) is 14.9. The molecule has 0 radical (unpaired) electrons. The molecule has 0 saturated heterocycles. The molecule has 1 rings (SSSR count). The van der Waals surface area contributed by atoms with Crippen molar-refractivity contribution in [3.05, 3.63) is 23.5 Å². The molecular weight excluding hydrogens is 226 g/mol. The lowest BCUT2D eigenvalue weighted by Gasteiger charge is -2.16. The van der Waals surface area contributed by atoms with Gasteiger partial charge in [0.2, 0.25) is 0 Å². The molecule has 1 aromatic heterocycles. The molecule has 0 atom stereocenters. The van der Waals surface area contributed by atoms with E-state index in [2.05, 4.69) is 49.5 Å². The summed E-state index contributed by atoms with van der Waals surface area (Å²) in [6.07, 6.45) is 6.32. The second-order valence-electron chi connectivity index (χ2n) is 5.46. The van der Waals surface area contributed by atoms with E-state index in [0.29, 0.717) is 0 Å². The Hall–Kier alpha value is -1.13. The first-order valence-electron chi connectivity index (χ1n) is 6.35. The van der Waals surface area contributed by atoms with Gasteiger partial charge in [-0.2, -0.15) is 5.10 Å². The van der Waals surface area contributed by atoms with Crippen molar-refractivity contribution in [2.24, 2.45) is 7.05 Å². The van der Waals surface area contributed by atoms with Crippen LogP contribution in [0.15, 0.2) is 12.3 Å². The Labute approximate surface area is 110 Å². The standard InChI is InChI=1S/C14H25N3O/c1-14(2,3)13-12(11-17(4)16-13)7-6-8-15-9-10-18-5/h6-7,11,15H,8-10H2,1-5H3/b7-6+. The van der Waals surface area contributed by atoms with Gasteiger partial charge in [-0.05, 0) is 0 Å². The van der Waals surface area contributed by atoms with E-state index in [0.717, 1.165) is 25.4 Å². The molecule has 1 aromatic rings. The summed E-state index contributed by atoms with van der Waals surface area (Å²) in [4.78, 5) is 0. The van der Waals surface area contributed by atoms with Gasteiger partial charge in [0.05, 0.1) is 12.3 Å². The van der Waals surface area contributed by atoms with Gasteiger partial charge in [-0.25, -0.2) is 0 Å². The topological polar surface area (TPSA) is 39.1 Å². The Kier molecular flexibility index (Phi) is 5.56. The van der Waals surface area contributed by atoms with Gasteiger partial charge in [0.1, 0.15) is 0 Å². The maximum Gasteiger partial charge on any atom is 0.0750 e. The predicted molar refractivity (Wildman–Crippen MR) is 75.7 cm³/mol. The van der Waals surface area contributed by atoms with E-state index >= 15 is 0 Å². The minimum atomic E-state index is 0.0738. The van der Waals surface area contributed by atoms with Crippen molar-refractivity contribution in [3.63, 3.8) is 0 Å². The highest BCUT2D eigenvalue weighted by molar-refractivity contribution is 5.52. The number of aryl methyl sites for hydroxylation is 1. The van der Waals surface area contributed by atoms with Crippen LogP contribution in [0.2, 0.25) is 0 Å². The second-order valence-corrected chi connectivity index (χ2v) is 5.46. The first-order valence-corrected chi connectivity index (χ1v) is 6.35. The van der Waals surface area contributed by atoms with E-state index in [9.17, 15) is 0 Å². The van der Waals surface area contributed by atoms with Crippen molar-refractivity contribution in [1.82, 2.24) is 15.1 Å². The van der Waals surface area contributed by atoms with Crippen LogP contribution >= 0.6 is 0 Å². The SMILES string of the molecule is COCCNC/C=C/c1cn(C)nc1C(C)(C)C. The van der Waals surface area contributed by atoms with Crippen LogP contribution in [-0.4, -0.2) is 36.6 Å². The van der Waals surface area contributed by atoms with Crippen molar-refractivity contribution in [2.75, 3.05) is 26.8 Å². The Morgan fingerprint density at radius 3 is 2.78 bits per heavy atom. The zero-order chi connectivity index (χ0) is 13.6. The summed E-state index contributed by atoms with van der Waals surface area (Å²) >= 11 is 0. The van der Waals surface area contributed by atoms with E-state index < -0.39 is 0 Å². The molecule has 4 heteroatoms. The third kappa shape index (κ3) is 4.63. The molecule has 102 valence electrons. The molecule has 4 nitrogen and oxygen atoms in total. The van der Waals surface area contributed by atoms with E-state index in [4.69, 9.17) is 4.74 Å². The van der Waals surface area contributed by atoms with Crippen LogP contribution in [0.4, 0.5) is 0 Å². The average molecular weight is 251 g/mol. The number of aromatic nitrogens is 2. The molecule has 0 bridgehead atoms. The van der Waals surface area contributed by atoms with Crippen molar-refractivity contribution in [3.8, 4) is 0 Å². The van der Waals surface area contributed by atoms with Gasteiger partial charge in [-0.1, -0.05) is 32.9 Å². The fraction of sp³-hybridized carbons (Fsp3) is 0.643. The molecule has 0 amide bonds. The fourth-order valence-electron chi connectivity index (χ4n) is 1.76. The van der Waals surface area contributed by atoms with Crippen LogP contribution in [0.5, 0.6) is 0 Å². The summed E-state index contributed by atoms with van der Waals surface area (Å²) in [7, 11) is 3.67. The predicted octanol–water partition coefficient (Wildman–Crippen LogP) is 1.97. The lowest BCUT2D eigenvalue weighted by atomic mass is 9.89. The summed E-state index contributed by atoms with van der Waals surface area (Å²) in [5, 5.41) is 7.82. The van der Waals surface area contributed by atoms with Crippen molar-refractivity contribution < 1.29 is 4.74 Å². The molecule has 0 aromatic carbocycles. The number of ether oxygens (including phenoxy) is 1. The monoisotopic (exact) mass is 251 g/mol. The third-order valence-electron chi connectivity index (χ3n) is 2.61. The Morgan fingerprint density at radius 2 is 2.17 bits per heavy atom. The number of hydrogen-bond acceptors (Lipinski definition) is 3. The zero-order valence-electron chi connectivity index (χ0n) is 12.2. The summed E-state index contributed by atoms with van der Waals surface area (Å²) in [6.45, 7) is 9.02. The fourth-order valence-corrected chi connectivity index (χ4v) is 1.76. The van der Waals surface area contributed by atoms with Gasteiger partial charge < -0.3 is 10.1 Å². The molecule has 0 aliphatic heterocycles. The van der Waals surface area contributed by atoms with Crippen LogP contribution < -0.4 is 5.32 Å². The average Bonchev–Trinajstić information content (AvgIpc) is 2.64. The highest BCUT2D eigenvalue weighted by Gasteiger charge is 2.20. The van der Waals surface area contributed by atoms with Gasteiger partial charge in [-0.3, -0.25) is 4.68 Å². The summed E-state index contributed by atoms with van der Waals surface area (Å²) in [5.41, 5.74) is 2.40. The third-order valence-corrected chi connectivity index (χ3v) is 2.61. The molecule has 1 N–H and O–H groups in total. The normalized spacial score (nSPS) is 12.5. The largest absolute Gasteiger partial charge is 0.383 e. The van der Waals surface area contributed by atoms with Crippen LogP contribution in [0.25, 0.3) is 6.08 Å². The number of nitrogens with one attached hydrogen (secondary N) is 1. The van der Waals surface area contributed by atoms with Crippen LogP contribution in [0, 0.1) is 0 Å². The Morgan fingerprint density at radius 1 is 1.44 bits per heavy atom. The van der Waals surface area contributed by atoms with Crippen molar-refractivity contribution >= 4 is 6.08 Å². The molecular formula is C14H25N3O. The highest BCUT2D eigenvalue weighted by atomic mass is 16.5. The van der Waals surface area contributed by atoms with Crippen molar-refractivity contribution in [2.45, 2.75) is 26.2 Å². The van der Waals surface area contributed by atoms with Crippen LogP contribution in [0.1, 0.15) is 32.0 Å². The molecule has 18 heavy (non-hydrogen) atoms. The molecule has 0 aliphatic rings. The van der Waals surface area contributed by atoms with E-state index in [1.54, 1.807) is 7.11 Å². The molecule has 0 fully saturated rings. The zero-order valence-corrected chi connectivity index (χ0v) is 12.2. The number of hydrogen-bond donors (Lipinski definition) is 1. The van der Waals surface area contributed by atoms with Gasteiger partial charge in [-0.15, -0.1) is 0 Å². The quantitative estimate of drug-likeness (QED) is 0.786. The van der Waals surface area contributed by atoms with Gasteiger partial charge >= 0.3 is 0 Å². The first-order chi connectivity index (χ1) is 8.45. The summed E-state index contributed by atoms with van der Waals surface area (Å²) < 4.78 is 6.85. The molecule has 1 heterocycles. The van der Waals surface area contributed by atoms with Gasteiger partial charge in [0, 0.05) is 44.4 Å². The maximum absolute atomic E-state index is 4.97. The van der Waals surface area contributed by atoms with Gasteiger partial charge in [0.15, 0.2) is 0 Å². The lowest BCUT2D eigenvalue weighted by molar-refractivity contribution is 0.200.